The molecule has 1 amide bonds. The number of carbonyl (C=O) groups is 1. The Labute approximate surface area is 156 Å². The molecule has 2 heterocycles. The zero-order valence-electron chi connectivity index (χ0n) is 15.4. The van der Waals surface area contributed by atoms with Crippen LogP contribution in [0.15, 0.2) is 54.6 Å². The third-order valence-electron chi connectivity index (χ3n) is 5.89. The lowest BCUT2D eigenvalue weighted by molar-refractivity contribution is -0.130. The topological polar surface area (TPSA) is 23.6 Å². The van der Waals surface area contributed by atoms with Gasteiger partial charge in [0.25, 0.3) is 0 Å². The predicted octanol–water partition coefficient (Wildman–Crippen LogP) is 3.67. The third-order valence-corrected chi connectivity index (χ3v) is 5.89. The first-order valence-corrected chi connectivity index (χ1v) is 9.92. The highest BCUT2D eigenvalue weighted by atomic mass is 16.2. The minimum absolute atomic E-state index is 0.334. The van der Waals surface area contributed by atoms with Gasteiger partial charge in [-0.2, -0.15) is 0 Å². The number of carbonyl (C=O) groups excluding carboxylic acids is 1. The standard InChI is InChI=1S/C23H28N2O/c26-23(12-6-9-19-7-2-1-3-8-19)25-16-14-22(18-25)24-15-13-20-10-4-5-11-21(20)17-24/h1-5,7-8,10-11,22H,6,9,12-18H2. The van der Waals surface area contributed by atoms with E-state index in [-0.39, 0.29) is 0 Å². The van der Waals surface area contributed by atoms with Crippen molar-refractivity contribution in [3.05, 3.63) is 71.3 Å². The molecule has 0 aliphatic carbocycles. The Morgan fingerprint density at radius 2 is 1.73 bits per heavy atom. The Hall–Kier alpha value is -2.13. The highest BCUT2D eigenvalue weighted by molar-refractivity contribution is 5.76. The molecule has 3 nitrogen and oxygen atoms in total. The minimum atomic E-state index is 0.334. The molecule has 1 fully saturated rings. The lowest BCUT2D eigenvalue weighted by Gasteiger charge is -2.33. The maximum absolute atomic E-state index is 12.6. The van der Waals surface area contributed by atoms with Gasteiger partial charge in [-0.15, -0.1) is 0 Å². The van der Waals surface area contributed by atoms with Gasteiger partial charge in [-0.1, -0.05) is 54.6 Å². The van der Waals surface area contributed by atoms with Crippen LogP contribution in [0.25, 0.3) is 0 Å². The van der Waals surface area contributed by atoms with E-state index in [1.807, 2.05) is 6.07 Å². The van der Waals surface area contributed by atoms with Crippen LogP contribution in [0.3, 0.4) is 0 Å². The second kappa shape index (κ2) is 8.05. The third kappa shape index (κ3) is 3.99. The first kappa shape index (κ1) is 17.3. The van der Waals surface area contributed by atoms with E-state index in [1.165, 1.54) is 16.7 Å². The summed E-state index contributed by atoms with van der Waals surface area (Å²) in [5.41, 5.74) is 4.29. The number of nitrogens with zero attached hydrogens (tertiary/aromatic N) is 2. The van der Waals surface area contributed by atoms with E-state index >= 15 is 0 Å². The largest absolute Gasteiger partial charge is 0.341 e. The Morgan fingerprint density at radius 3 is 2.58 bits per heavy atom. The van der Waals surface area contributed by atoms with E-state index in [4.69, 9.17) is 0 Å². The summed E-state index contributed by atoms with van der Waals surface area (Å²) in [4.78, 5) is 17.2. The predicted molar refractivity (Wildman–Crippen MR) is 105 cm³/mol. The molecule has 0 spiro atoms. The minimum Gasteiger partial charge on any atom is -0.341 e. The number of amides is 1. The van der Waals surface area contributed by atoms with Crippen molar-refractivity contribution in [1.82, 2.24) is 9.80 Å². The molecule has 136 valence electrons. The summed E-state index contributed by atoms with van der Waals surface area (Å²) >= 11 is 0. The van der Waals surface area contributed by atoms with E-state index in [2.05, 4.69) is 58.3 Å². The number of hydrogen-bond acceptors (Lipinski definition) is 2. The number of hydrogen-bond donors (Lipinski definition) is 0. The van der Waals surface area contributed by atoms with Gasteiger partial charge in [-0.05, 0) is 42.4 Å². The van der Waals surface area contributed by atoms with Crippen molar-refractivity contribution in [2.45, 2.75) is 44.7 Å². The second-order valence-electron chi connectivity index (χ2n) is 7.61. The van der Waals surface area contributed by atoms with Crippen LogP contribution in [0.4, 0.5) is 0 Å². The lowest BCUT2D eigenvalue weighted by atomic mass is 9.98. The molecule has 26 heavy (non-hydrogen) atoms. The van der Waals surface area contributed by atoms with Crippen LogP contribution >= 0.6 is 0 Å². The van der Waals surface area contributed by atoms with E-state index in [0.29, 0.717) is 18.4 Å². The molecule has 1 saturated heterocycles. The quantitative estimate of drug-likeness (QED) is 0.823. The zero-order valence-corrected chi connectivity index (χ0v) is 15.4. The summed E-state index contributed by atoms with van der Waals surface area (Å²) in [6, 6.07) is 19.8. The second-order valence-corrected chi connectivity index (χ2v) is 7.61. The highest BCUT2D eigenvalue weighted by Gasteiger charge is 2.31. The van der Waals surface area contributed by atoms with Crippen molar-refractivity contribution >= 4 is 5.91 Å². The van der Waals surface area contributed by atoms with Gasteiger partial charge in [-0.25, -0.2) is 0 Å². The van der Waals surface area contributed by atoms with Crippen molar-refractivity contribution in [2.75, 3.05) is 19.6 Å². The van der Waals surface area contributed by atoms with Crippen LogP contribution in [0.2, 0.25) is 0 Å². The molecule has 0 bridgehead atoms. The Balaban J connectivity index is 1.25. The monoisotopic (exact) mass is 348 g/mol. The molecule has 2 aromatic carbocycles. The van der Waals surface area contributed by atoms with E-state index < -0.39 is 0 Å². The molecular weight excluding hydrogens is 320 g/mol. The average Bonchev–Trinajstić information content (AvgIpc) is 3.19. The highest BCUT2D eigenvalue weighted by Crippen LogP contribution is 2.25. The van der Waals surface area contributed by atoms with Gasteiger partial charge in [-0.3, -0.25) is 9.69 Å². The van der Waals surface area contributed by atoms with Crippen LogP contribution < -0.4 is 0 Å². The SMILES string of the molecule is O=C(CCCc1ccccc1)N1CCC(N2CCc3ccccc3C2)C1. The van der Waals surface area contributed by atoms with Crippen LogP contribution in [0.5, 0.6) is 0 Å². The zero-order chi connectivity index (χ0) is 17.8. The van der Waals surface area contributed by atoms with E-state index in [0.717, 1.165) is 51.9 Å². The van der Waals surface area contributed by atoms with Crippen molar-refractivity contribution < 1.29 is 4.79 Å². The Kier molecular flexibility index (Phi) is 5.35. The summed E-state index contributed by atoms with van der Waals surface area (Å²) in [5, 5.41) is 0. The van der Waals surface area contributed by atoms with Gasteiger partial charge < -0.3 is 4.90 Å². The van der Waals surface area contributed by atoms with Crippen molar-refractivity contribution in [1.29, 1.82) is 0 Å². The van der Waals surface area contributed by atoms with Crippen molar-refractivity contribution in [3.63, 3.8) is 0 Å². The van der Waals surface area contributed by atoms with Gasteiger partial charge >= 0.3 is 0 Å². The number of benzene rings is 2. The fourth-order valence-electron chi connectivity index (χ4n) is 4.34. The molecule has 2 aliphatic rings. The van der Waals surface area contributed by atoms with Gasteiger partial charge in [0.1, 0.15) is 0 Å². The maximum Gasteiger partial charge on any atom is 0.222 e. The average molecular weight is 348 g/mol. The number of aryl methyl sites for hydroxylation is 1. The summed E-state index contributed by atoms with van der Waals surface area (Å²) in [6.45, 7) is 3.99. The van der Waals surface area contributed by atoms with Crippen LogP contribution in [-0.4, -0.2) is 41.4 Å². The lowest BCUT2D eigenvalue weighted by Crippen LogP contribution is -2.41. The fraction of sp³-hybridized carbons (Fsp3) is 0.435. The summed E-state index contributed by atoms with van der Waals surface area (Å²) < 4.78 is 0. The molecule has 1 unspecified atom stereocenters. The molecule has 0 saturated carbocycles. The molecule has 2 aromatic rings. The molecule has 0 aromatic heterocycles. The summed E-state index contributed by atoms with van der Waals surface area (Å²) in [6.07, 6.45) is 4.86. The smallest absolute Gasteiger partial charge is 0.222 e. The molecule has 0 N–H and O–H groups in total. The molecule has 0 radical (unpaired) electrons. The molecule has 2 aliphatic heterocycles. The molecule has 3 heteroatoms. The van der Waals surface area contributed by atoms with Crippen LogP contribution in [0, 0.1) is 0 Å². The Morgan fingerprint density at radius 1 is 0.962 bits per heavy atom. The molecule has 1 atom stereocenters. The van der Waals surface area contributed by atoms with Gasteiger partial charge in [0.2, 0.25) is 5.91 Å². The van der Waals surface area contributed by atoms with E-state index in [9.17, 15) is 4.79 Å². The Bertz CT molecular complexity index is 743. The molecule has 4 rings (SSSR count). The molecular formula is C23H28N2O. The van der Waals surface area contributed by atoms with Crippen LogP contribution in [0.1, 0.15) is 36.0 Å². The fourth-order valence-corrected chi connectivity index (χ4v) is 4.34. The van der Waals surface area contributed by atoms with Crippen molar-refractivity contribution in [3.8, 4) is 0 Å². The van der Waals surface area contributed by atoms with E-state index in [1.54, 1.807) is 0 Å². The van der Waals surface area contributed by atoms with Crippen molar-refractivity contribution in [2.24, 2.45) is 0 Å². The van der Waals surface area contributed by atoms with Gasteiger partial charge in [0.05, 0.1) is 0 Å². The first-order valence-electron chi connectivity index (χ1n) is 9.92. The number of fused-ring (bicyclic) bond motifs is 1. The number of rotatable bonds is 5. The van der Waals surface area contributed by atoms with Crippen LogP contribution in [-0.2, 0) is 24.2 Å². The normalized spacial score (nSPS) is 20.2. The van der Waals surface area contributed by atoms with Gasteiger partial charge in [0, 0.05) is 38.6 Å². The first-order chi connectivity index (χ1) is 12.8. The maximum atomic E-state index is 12.6. The van der Waals surface area contributed by atoms with Gasteiger partial charge in [0.15, 0.2) is 0 Å². The number of likely N-dealkylation sites (tertiary alicyclic amines) is 1. The summed E-state index contributed by atoms with van der Waals surface area (Å²) in [7, 11) is 0. The summed E-state index contributed by atoms with van der Waals surface area (Å²) in [5.74, 6) is 0.334.